The van der Waals surface area contributed by atoms with Crippen molar-refractivity contribution in [1.82, 2.24) is 5.32 Å². The van der Waals surface area contributed by atoms with Gasteiger partial charge >= 0.3 is 0 Å². The summed E-state index contributed by atoms with van der Waals surface area (Å²) in [5.74, 6) is -0.141. The molecule has 0 bridgehead atoms. The molecule has 1 fully saturated rings. The molecule has 0 spiro atoms. The van der Waals surface area contributed by atoms with Crippen LogP contribution < -0.4 is 11.1 Å². The third-order valence-electron chi connectivity index (χ3n) is 3.08. The SMILES string of the molecule is COCC(=O)NC1(C(N)=S)CCCCCC1. The zero-order chi connectivity index (χ0) is 12.0. The lowest BCUT2D eigenvalue weighted by atomic mass is 9.90. The molecule has 0 aromatic heterocycles. The van der Waals surface area contributed by atoms with Gasteiger partial charge in [0.1, 0.15) is 6.61 Å². The van der Waals surface area contributed by atoms with E-state index in [1.807, 2.05) is 0 Å². The third-order valence-corrected chi connectivity index (χ3v) is 3.47. The number of amides is 1. The molecule has 0 atom stereocenters. The minimum absolute atomic E-state index is 0.0599. The number of hydrogen-bond acceptors (Lipinski definition) is 3. The van der Waals surface area contributed by atoms with E-state index < -0.39 is 5.54 Å². The molecule has 1 aliphatic rings. The number of rotatable bonds is 4. The lowest BCUT2D eigenvalue weighted by Gasteiger charge is -2.32. The van der Waals surface area contributed by atoms with Crippen molar-refractivity contribution in [3.63, 3.8) is 0 Å². The molecule has 0 saturated heterocycles. The molecule has 5 heteroatoms. The Labute approximate surface area is 102 Å². The Morgan fingerprint density at radius 2 is 1.94 bits per heavy atom. The van der Waals surface area contributed by atoms with Crippen LogP contribution in [0.3, 0.4) is 0 Å². The largest absolute Gasteiger partial charge is 0.391 e. The van der Waals surface area contributed by atoms with E-state index in [4.69, 9.17) is 22.7 Å². The van der Waals surface area contributed by atoms with E-state index in [-0.39, 0.29) is 12.5 Å². The quantitative estimate of drug-likeness (QED) is 0.575. The smallest absolute Gasteiger partial charge is 0.246 e. The summed E-state index contributed by atoms with van der Waals surface area (Å²) in [5, 5.41) is 2.94. The van der Waals surface area contributed by atoms with Crippen LogP contribution in [0.1, 0.15) is 38.5 Å². The Balaban J connectivity index is 2.70. The van der Waals surface area contributed by atoms with Crippen molar-refractivity contribution in [3.05, 3.63) is 0 Å². The molecule has 0 aromatic carbocycles. The van der Waals surface area contributed by atoms with Crippen LogP contribution in [0.2, 0.25) is 0 Å². The fourth-order valence-electron chi connectivity index (χ4n) is 2.20. The zero-order valence-corrected chi connectivity index (χ0v) is 10.6. The van der Waals surface area contributed by atoms with Crippen LogP contribution in [-0.2, 0) is 9.53 Å². The summed E-state index contributed by atoms with van der Waals surface area (Å²) < 4.78 is 4.81. The molecular weight excluding hydrogens is 224 g/mol. The first-order valence-corrected chi connectivity index (χ1v) is 6.11. The molecule has 4 nitrogen and oxygen atoms in total. The lowest BCUT2D eigenvalue weighted by Crippen LogP contribution is -2.57. The highest BCUT2D eigenvalue weighted by molar-refractivity contribution is 7.80. The third kappa shape index (κ3) is 3.42. The lowest BCUT2D eigenvalue weighted by molar-refractivity contribution is -0.126. The van der Waals surface area contributed by atoms with Gasteiger partial charge in [0.2, 0.25) is 5.91 Å². The minimum atomic E-state index is -0.485. The van der Waals surface area contributed by atoms with E-state index >= 15 is 0 Å². The summed E-state index contributed by atoms with van der Waals surface area (Å²) >= 11 is 5.11. The fourth-order valence-corrected chi connectivity index (χ4v) is 2.45. The highest BCUT2D eigenvalue weighted by atomic mass is 32.1. The van der Waals surface area contributed by atoms with E-state index in [9.17, 15) is 4.79 Å². The van der Waals surface area contributed by atoms with Gasteiger partial charge in [-0.2, -0.15) is 0 Å². The van der Waals surface area contributed by atoms with Gasteiger partial charge in [0, 0.05) is 7.11 Å². The van der Waals surface area contributed by atoms with Crippen LogP contribution in [0.15, 0.2) is 0 Å². The van der Waals surface area contributed by atoms with Crippen LogP contribution in [0.5, 0.6) is 0 Å². The molecule has 0 heterocycles. The molecular formula is C11H20N2O2S. The van der Waals surface area contributed by atoms with E-state index in [1.165, 1.54) is 20.0 Å². The van der Waals surface area contributed by atoms with E-state index in [1.54, 1.807) is 0 Å². The molecule has 1 saturated carbocycles. The Morgan fingerprint density at radius 3 is 2.38 bits per heavy atom. The highest BCUT2D eigenvalue weighted by Gasteiger charge is 2.35. The normalized spacial score (nSPS) is 19.8. The van der Waals surface area contributed by atoms with Gasteiger partial charge in [0.05, 0.1) is 10.5 Å². The van der Waals surface area contributed by atoms with Crippen molar-refractivity contribution in [2.24, 2.45) is 5.73 Å². The predicted molar refractivity (Wildman–Crippen MR) is 67.2 cm³/mol. The fraction of sp³-hybridized carbons (Fsp3) is 0.818. The summed E-state index contributed by atoms with van der Waals surface area (Å²) in [6, 6.07) is 0. The monoisotopic (exact) mass is 244 g/mol. The molecule has 1 aliphatic carbocycles. The number of hydrogen-bond donors (Lipinski definition) is 2. The zero-order valence-electron chi connectivity index (χ0n) is 9.75. The number of methoxy groups -OCH3 is 1. The molecule has 3 N–H and O–H groups in total. The van der Waals surface area contributed by atoms with Crippen molar-refractivity contribution in [2.75, 3.05) is 13.7 Å². The maximum Gasteiger partial charge on any atom is 0.246 e. The van der Waals surface area contributed by atoms with Gasteiger partial charge in [-0.1, -0.05) is 37.9 Å². The molecule has 1 rings (SSSR count). The average Bonchev–Trinajstić information content (AvgIpc) is 2.44. The molecule has 1 amide bonds. The number of carbonyl (C=O) groups excluding carboxylic acids is 1. The first-order valence-electron chi connectivity index (χ1n) is 5.70. The number of nitrogens with two attached hydrogens (primary N) is 1. The number of thiocarbonyl (C=S) groups is 1. The van der Waals surface area contributed by atoms with Gasteiger partial charge in [0.15, 0.2) is 0 Å². The number of nitrogens with one attached hydrogen (secondary N) is 1. The van der Waals surface area contributed by atoms with Crippen molar-refractivity contribution in [3.8, 4) is 0 Å². The summed E-state index contributed by atoms with van der Waals surface area (Å²) in [4.78, 5) is 12.0. The Kier molecular flexibility index (Phi) is 5.15. The van der Waals surface area contributed by atoms with Crippen molar-refractivity contribution in [1.29, 1.82) is 0 Å². The molecule has 16 heavy (non-hydrogen) atoms. The Bertz CT molecular complexity index is 261. The van der Waals surface area contributed by atoms with E-state index in [2.05, 4.69) is 5.32 Å². The Morgan fingerprint density at radius 1 is 1.38 bits per heavy atom. The van der Waals surface area contributed by atoms with Gasteiger partial charge in [0.25, 0.3) is 0 Å². The molecule has 0 aromatic rings. The van der Waals surface area contributed by atoms with Crippen molar-refractivity contribution >= 4 is 23.1 Å². The summed E-state index contributed by atoms with van der Waals surface area (Å²) in [6.45, 7) is 0.0599. The van der Waals surface area contributed by atoms with Gasteiger partial charge in [-0.15, -0.1) is 0 Å². The molecule has 0 unspecified atom stereocenters. The van der Waals surface area contributed by atoms with Crippen LogP contribution >= 0.6 is 12.2 Å². The standard InChI is InChI=1S/C11H20N2O2S/c1-15-8-9(14)13-11(10(12)16)6-4-2-3-5-7-11/h2-8H2,1H3,(H2,12,16)(H,13,14). The van der Waals surface area contributed by atoms with Crippen molar-refractivity contribution in [2.45, 2.75) is 44.1 Å². The van der Waals surface area contributed by atoms with Gasteiger partial charge in [-0.25, -0.2) is 0 Å². The second-order valence-corrected chi connectivity index (χ2v) is 4.78. The highest BCUT2D eigenvalue weighted by Crippen LogP contribution is 2.27. The average molecular weight is 244 g/mol. The van der Waals surface area contributed by atoms with Gasteiger partial charge < -0.3 is 15.8 Å². The second-order valence-electron chi connectivity index (χ2n) is 4.34. The molecule has 0 radical (unpaired) electrons. The topological polar surface area (TPSA) is 64.3 Å². The van der Waals surface area contributed by atoms with Crippen LogP contribution in [0.25, 0.3) is 0 Å². The summed E-state index contributed by atoms with van der Waals surface area (Å²) in [5.41, 5.74) is 5.31. The summed E-state index contributed by atoms with van der Waals surface area (Å²) in [7, 11) is 1.50. The summed E-state index contributed by atoms with van der Waals surface area (Å²) in [6.07, 6.45) is 6.18. The first-order chi connectivity index (χ1) is 7.60. The maximum absolute atomic E-state index is 11.6. The molecule has 0 aliphatic heterocycles. The van der Waals surface area contributed by atoms with E-state index in [0.29, 0.717) is 4.99 Å². The van der Waals surface area contributed by atoms with Gasteiger partial charge in [-0.3, -0.25) is 4.79 Å². The Hall–Kier alpha value is -0.680. The van der Waals surface area contributed by atoms with E-state index in [0.717, 1.165) is 25.7 Å². The second kappa shape index (κ2) is 6.15. The van der Waals surface area contributed by atoms with Gasteiger partial charge in [-0.05, 0) is 12.8 Å². The minimum Gasteiger partial charge on any atom is -0.391 e. The first kappa shape index (κ1) is 13.4. The molecule has 92 valence electrons. The van der Waals surface area contributed by atoms with Crippen LogP contribution in [-0.4, -0.2) is 30.2 Å². The van der Waals surface area contributed by atoms with Crippen LogP contribution in [0.4, 0.5) is 0 Å². The van der Waals surface area contributed by atoms with Crippen LogP contribution in [0, 0.1) is 0 Å². The predicted octanol–water partition coefficient (Wildman–Crippen LogP) is 1.13. The number of carbonyl (C=O) groups is 1. The number of ether oxygens (including phenoxy) is 1. The maximum atomic E-state index is 11.6. The van der Waals surface area contributed by atoms with Crippen molar-refractivity contribution < 1.29 is 9.53 Å².